The van der Waals surface area contributed by atoms with Gasteiger partial charge in [-0.1, -0.05) is 0 Å². The van der Waals surface area contributed by atoms with Gasteiger partial charge in [0.25, 0.3) is 0 Å². The lowest BCUT2D eigenvalue weighted by Gasteiger charge is -2.61. The lowest BCUT2D eigenvalue weighted by atomic mass is 9.55. The van der Waals surface area contributed by atoms with Crippen LogP contribution in [0, 0.1) is 5.92 Å². The van der Waals surface area contributed by atoms with E-state index in [9.17, 15) is 4.79 Å². The Morgan fingerprint density at radius 2 is 2.12 bits per heavy atom. The smallest absolute Gasteiger partial charge is 0.410 e. The van der Waals surface area contributed by atoms with Crippen molar-refractivity contribution in [2.24, 2.45) is 5.92 Å². The Bertz CT molecular complexity index is 313. The predicted molar refractivity (Wildman–Crippen MR) is 63.7 cm³/mol. The molecule has 92 valence electrons. The van der Waals surface area contributed by atoms with Crippen LogP contribution in [0.1, 0.15) is 40.0 Å². The second kappa shape index (κ2) is 3.52. The van der Waals surface area contributed by atoms with Crippen molar-refractivity contribution < 1.29 is 9.53 Å². The van der Waals surface area contributed by atoms with E-state index in [1.807, 2.05) is 27.8 Å². The first-order chi connectivity index (χ1) is 7.23. The largest absolute Gasteiger partial charge is 0.444 e. The first-order valence-electron chi connectivity index (χ1n) is 5.88. The van der Waals surface area contributed by atoms with Gasteiger partial charge < -0.3 is 9.64 Å². The first-order valence-corrected chi connectivity index (χ1v) is 6.25. The molecule has 0 aliphatic heterocycles. The average molecular weight is 246 g/mol. The van der Waals surface area contributed by atoms with Crippen LogP contribution in [0.3, 0.4) is 0 Å². The van der Waals surface area contributed by atoms with Crippen LogP contribution >= 0.6 is 11.6 Å². The molecule has 0 spiro atoms. The summed E-state index contributed by atoms with van der Waals surface area (Å²) in [6.45, 7) is 5.65. The van der Waals surface area contributed by atoms with Crippen molar-refractivity contribution in [1.82, 2.24) is 4.90 Å². The number of hydrogen-bond acceptors (Lipinski definition) is 2. The van der Waals surface area contributed by atoms with E-state index in [1.165, 1.54) is 0 Å². The summed E-state index contributed by atoms with van der Waals surface area (Å²) in [5.41, 5.74) is -0.424. The molecule has 16 heavy (non-hydrogen) atoms. The van der Waals surface area contributed by atoms with Gasteiger partial charge in [0.1, 0.15) is 5.60 Å². The standard InChI is InChI=1S/C12H20ClNO2/c1-11(2,3)16-10(15)14(4)9-7-12(13)6-5-8(9)12/h8-9H,5-7H2,1-4H3. The lowest BCUT2D eigenvalue weighted by Crippen LogP contribution is -2.66. The van der Waals surface area contributed by atoms with Crippen LogP contribution in [-0.2, 0) is 4.74 Å². The van der Waals surface area contributed by atoms with Crippen molar-refractivity contribution in [3.63, 3.8) is 0 Å². The molecule has 3 atom stereocenters. The number of alkyl halides is 1. The molecule has 2 aliphatic carbocycles. The number of halogens is 1. The van der Waals surface area contributed by atoms with Crippen LogP contribution < -0.4 is 0 Å². The summed E-state index contributed by atoms with van der Waals surface area (Å²) in [7, 11) is 1.81. The predicted octanol–water partition coefficient (Wildman–Crippen LogP) is 3.01. The highest BCUT2D eigenvalue weighted by Crippen LogP contribution is 2.59. The molecule has 1 amide bonds. The molecule has 0 heterocycles. The number of fused-ring (bicyclic) bond motifs is 1. The minimum Gasteiger partial charge on any atom is -0.444 e. The Morgan fingerprint density at radius 3 is 2.44 bits per heavy atom. The van der Waals surface area contributed by atoms with Crippen LogP contribution in [0.2, 0.25) is 0 Å². The van der Waals surface area contributed by atoms with E-state index in [1.54, 1.807) is 4.90 Å². The Labute approximate surface area is 102 Å². The zero-order chi connectivity index (χ0) is 12.1. The van der Waals surface area contributed by atoms with E-state index in [0.29, 0.717) is 5.92 Å². The molecule has 4 heteroatoms. The third kappa shape index (κ3) is 1.90. The minimum atomic E-state index is -0.424. The molecule has 0 saturated heterocycles. The van der Waals surface area contributed by atoms with Gasteiger partial charge >= 0.3 is 6.09 Å². The second-order valence-electron chi connectivity index (χ2n) is 6.04. The van der Waals surface area contributed by atoms with Gasteiger partial charge in [0.15, 0.2) is 0 Å². The number of carbonyl (C=O) groups excluding carboxylic acids is 1. The van der Waals surface area contributed by atoms with Crippen molar-refractivity contribution in [3.8, 4) is 0 Å². The quantitative estimate of drug-likeness (QED) is 0.665. The molecular formula is C12H20ClNO2. The van der Waals surface area contributed by atoms with Gasteiger partial charge in [-0.05, 0) is 46.0 Å². The maximum Gasteiger partial charge on any atom is 0.410 e. The van der Waals surface area contributed by atoms with Crippen molar-refractivity contribution in [2.45, 2.75) is 56.6 Å². The zero-order valence-corrected chi connectivity index (χ0v) is 11.2. The van der Waals surface area contributed by atoms with E-state index in [-0.39, 0.29) is 17.0 Å². The molecule has 0 N–H and O–H groups in total. The summed E-state index contributed by atoms with van der Waals surface area (Å²) in [5, 5.41) is 0. The molecule has 0 radical (unpaired) electrons. The van der Waals surface area contributed by atoms with Crippen molar-refractivity contribution in [3.05, 3.63) is 0 Å². The van der Waals surface area contributed by atoms with E-state index in [4.69, 9.17) is 16.3 Å². The van der Waals surface area contributed by atoms with Crippen LogP contribution in [0.15, 0.2) is 0 Å². The summed E-state index contributed by atoms with van der Waals surface area (Å²) in [5.74, 6) is 0.478. The van der Waals surface area contributed by atoms with Crippen LogP contribution in [-0.4, -0.2) is 34.6 Å². The van der Waals surface area contributed by atoms with E-state index < -0.39 is 5.60 Å². The van der Waals surface area contributed by atoms with E-state index >= 15 is 0 Å². The Morgan fingerprint density at radius 1 is 1.50 bits per heavy atom. The van der Waals surface area contributed by atoms with Gasteiger partial charge in [0, 0.05) is 13.1 Å². The zero-order valence-electron chi connectivity index (χ0n) is 10.4. The fraction of sp³-hybridized carbons (Fsp3) is 0.917. The highest BCUT2D eigenvalue weighted by molar-refractivity contribution is 6.25. The number of amides is 1. The molecule has 2 aliphatic rings. The fourth-order valence-electron chi connectivity index (χ4n) is 2.62. The van der Waals surface area contributed by atoms with Crippen molar-refractivity contribution in [2.75, 3.05) is 7.05 Å². The number of carbonyl (C=O) groups is 1. The van der Waals surface area contributed by atoms with Gasteiger partial charge in [-0.3, -0.25) is 0 Å². The van der Waals surface area contributed by atoms with E-state index in [0.717, 1.165) is 19.3 Å². The second-order valence-corrected chi connectivity index (χ2v) is 6.80. The van der Waals surface area contributed by atoms with Crippen LogP contribution in [0.4, 0.5) is 4.79 Å². The molecule has 2 fully saturated rings. The molecule has 0 aromatic heterocycles. The highest BCUT2D eigenvalue weighted by atomic mass is 35.5. The summed E-state index contributed by atoms with van der Waals surface area (Å²) in [6.07, 6.45) is 2.91. The average Bonchev–Trinajstić information content (AvgIpc) is 2.11. The first kappa shape index (κ1) is 12.0. The summed E-state index contributed by atoms with van der Waals surface area (Å²) >= 11 is 6.34. The Kier molecular flexibility index (Phi) is 2.65. The third-order valence-electron chi connectivity index (χ3n) is 3.73. The minimum absolute atomic E-state index is 0.000932. The maximum atomic E-state index is 11.8. The van der Waals surface area contributed by atoms with Gasteiger partial charge in [0.2, 0.25) is 0 Å². The molecule has 3 nitrogen and oxygen atoms in total. The van der Waals surface area contributed by atoms with Crippen molar-refractivity contribution >= 4 is 17.7 Å². The molecular weight excluding hydrogens is 226 g/mol. The highest BCUT2D eigenvalue weighted by Gasteiger charge is 2.61. The fourth-order valence-corrected chi connectivity index (χ4v) is 3.14. The third-order valence-corrected chi connectivity index (χ3v) is 4.35. The summed E-state index contributed by atoms with van der Waals surface area (Å²) < 4.78 is 5.34. The lowest BCUT2D eigenvalue weighted by molar-refractivity contribution is -0.0452. The number of hydrogen-bond donors (Lipinski definition) is 0. The topological polar surface area (TPSA) is 29.5 Å². The van der Waals surface area contributed by atoms with E-state index in [2.05, 4.69) is 0 Å². The SMILES string of the molecule is CN(C(=O)OC(C)(C)C)C1CC2(Cl)CCC12. The van der Waals surface area contributed by atoms with Gasteiger partial charge in [-0.2, -0.15) is 0 Å². The van der Waals surface area contributed by atoms with Crippen molar-refractivity contribution in [1.29, 1.82) is 0 Å². The molecule has 3 unspecified atom stereocenters. The number of nitrogens with zero attached hydrogens (tertiary/aromatic N) is 1. The monoisotopic (exact) mass is 245 g/mol. The van der Waals surface area contributed by atoms with Crippen LogP contribution in [0.25, 0.3) is 0 Å². The molecule has 2 saturated carbocycles. The molecule has 0 aromatic rings. The molecule has 0 bridgehead atoms. The molecule has 0 aromatic carbocycles. The Balaban J connectivity index is 1.89. The maximum absolute atomic E-state index is 11.8. The van der Waals surface area contributed by atoms with Gasteiger partial charge in [0.05, 0.1) is 4.87 Å². The summed E-state index contributed by atoms with van der Waals surface area (Å²) in [6, 6.07) is 0.279. The van der Waals surface area contributed by atoms with Crippen LogP contribution in [0.5, 0.6) is 0 Å². The number of ether oxygens (including phenoxy) is 1. The Hall–Kier alpha value is -0.440. The normalized spacial score (nSPS) is 36.8. The number of rotatable bonds is 1. The van der Waals surface area contributed by atoms with Gasteiger partial charge in [-0.25, -0.2) is 4.79 Å². The summed E-state index contributed by atoms with van der Waals surface area (Å²) in [4.78, 5) is 13.6. The van der Waals surface area contributed by atoms with Gasteiger partial charge in [-0.15, -0.1) is 11.6 Å². The molecule has 2 rings (SSSR count).